The summed E-state index contributed by atoms with van der Waals surface area (Å²) in [6, 6.07) is 22.9. The monoisotopic (exact) mass is 692 g/mol. The molecule has 3 amide bonds. The first kappa shape index (κ1) is 31.7. The van der Waals surface area contributed by atoms with Crippen molar-refractivity contribution in [2.45, 2.75) is 17.7 Å². The summed E-state index contributed by atoms with van der Waals surface area (Å²) in [5.74, 6) is 0.427. The van der Waals surface area contributed by atoms with Gasteiger partial charge in [0.1, 0.15) is 11.5 Å². The zero-order valence-electron chi connectivity index (χ0n) is 24.4. The molecule has 10 nitrogen and oxygen atoms in total. The lowest BCUT2D eigenvalue weighted by Gasteiger charge is -2.14. The van der Waals surface area contributed by atoms with Crippen LogP contribution >= 0.6 is 15.9 Å². The van der Waals surface area contributed by atoms with E-state index in [0.29, 0.717) is 40.7 Å². The van der Waals surface area contributed by atoms with Crippen LogP contribution in [0.3, 0.4) is 0 Å². The van der Waals surface area contributed by atoms with Gasteiger partial charge in [-0.1, -0.05) is 22.0 Å². The average Bonchev–Trinajstić information content (AvgIpc) is 3.27. The number of fused-ring (bicyclic) bond motifs is 1. The summed E-state index contributed by atoms with van der Waals surface area (Å²) in [4.78, 5) is 39.9. The minimum absolute atomic E-state index is 0.153. The number of imide groups is 1. The fraction of sp³-hybridized carbons (Fsp3) is 0.182. The Morgan fingerprint density at radius 1 is 0.800 bits per heavy atom. The van der Waals surface area contributed by atoms with E-state index in [1.807, 2.05) is 12.1 Å². The molecule has 0 atom stereocenters. The predicted octanol–water partition coefficient (Wildman–Crippen LogP) is 5.90. The molecule has 4 aromatic rings. The molecule has 0 saturated heterocycles. The molecule has 1 heterocycles. The number of anilines is 1. The number of amides is 3. The van der Waals surface area contributed by atoms with Crippen LogP contribution in [0.2, 0.25) is 0 Å². The highest BCUT2D eigenvalue weighted by molar-refractivity contribution is 9.10. The van der Waals surface area contributed by atoms with Gasteiger partial charge in [0.15, 0.2) is 21.3 Å². The van der Waals surface area contributed by atoms with Crippen LogP contribution in [0.1, 0.15) is 32.7 Å². The Balaban J connectivity index is 1.16. The van der Waals surface area contributed by atoms with Crippen molar-refractivity contribution in [3.8, 4) is 23.0 Å². The number of ether oxygens (including phenoxy) is 3. The first-order valence-electron chi connectivity index (χ1n) is 13.8. The van der Waals surface area contributed by atoms with E-state index in [1.54, 1.807) is 68.8 Å². The first-order valence-corrected chi connectivity index (χ1v) is 16.3. The summed E-state index contributed by atoms with van der Waals surface area (Å²) in [6.45, 7) is 0.196. The highest BCUT2D eigenvalue weighted by atomic mass is 79.9. The third kappa shape index (κ3) is 7.35. The highest BCUT2D eigenvalue weighted by Crippen LogP contribution is 2.31. The van der Waals surface area contributed by atoms with E-state index in [9.17, 15) is 22.8 Å². The largest absolute Gasteiger partial charge is 0.493 e. The lowest BCUT2D eigenvalue weighted by molar-refractivity contribution is -0.115. The molecule has 1 aliphatic rings. The Bertz CT molecular complexity index is 1860. The second-order valence-electron chi connectivity index (χ2n) is 10.1. The number of sulfone groups is 1. The van der Waals surface area contributed by atoms with Crippen LogP contribution in [0.4, 0.5) is 5.69 Å². The average molecular weight is 694 g/mol. The molecule has 45 heavy (non-hydrogen) atoms. The molecule has 0 saturated carbocycles. The van der Waals surface area contributed by atoms with Gasteiger partial charge in [-0.3, -0.25) is 19.3 Å². The standard InChI is InChI=1S/C33H29BrN2O8S/c1-42-29-14-3-21(19-30(29)43-2)15-17-36-32(38)27-13-10-25(20-28(27)33(36)39)44-24-8-6-23(7-9-24)35-31(37)16-18-45(40,41)26-11-4-22(34)5-12-26/h3-14,19-20H,15-18H2,1-2H3,(H,35,37). The second-order valence-corrected chi connectivity index (χ2v) is 13.1. The maximum absolute atomic E-state index is 13.1. The molecule has 1 aliphatic heterocycles. The number of benzene rings is 4. The zero-order valence-corrected chi connectivity index (χ0v) is 26.8. The second kappa shape index (κ2) is 13.5. The van der Waals surface area contributed by atoms with Crippen LogP contribution in [0, 0.1) is 0 Å². The fourth-order valence-corrected chi connectivity index (χ4v) is 6.27. The molecular weight excluding hydrogens is 664 g/mol. The van der Waals surface area contributed by atoms with E-state index < -0.39 is 21.7 Å². The molecule has 0 unspecified atom stereocenters. The van der Waals surface area contributed by atoms with Crippen LogP contribution in [-0.4, -0.2) is 57.6 Å². The van der Waals surface area contributed by atoms with E-state index >= 15 is 0 Å². The van der Waals surface area contributed by atoms with Gasteiger partial charge in [0.2, 0.25) is 5.91 Å². The molecule has 232 valence electrons. The van der Waals surface area contributed by atoms with E-state index in [4.69, 9.17) is 14.2 Å². The number of carbonyl (C=O) groups is 3. The molecular formula is C33H29BrN2O8S. The van der Waals surface area contributed by atoms with Crippen LogP contribution < -0.4 is 19.5 Å². The van der Waals surface area contributed by atoms with Gasteiger partial charge in [-0.05, 0) is 90.8 Å². The van der Waals surface area contributed by atoms with Crippen LogP contribution in [-0.2, 0) is 21.1 Å². The predicted molar refractivity (Wildman–Crippen MR) is 171 cm³/mol. The van der Waals surface area contributed by atoms with Gasteiger partial charge in [-0.25, -0.2) is 8.42 Å². The smallest absolute Gasteiger partial charge is 0.261 e. The Morgan fingerprint density at radius 3 is 2.16 bits per heavy atom. The van der Waals surface area contributed by atoms with Crippen LogP contribution in [0.25, 0.3) is 0 Å². The number of carbonyl (C=O) groups excluding carboxylic acids is 3. The summed E-state index contributed by atoms with van der Waals surface area (Å²) >= 11 is 3.27. The van der Waals surface area contributed by atoms with Crippen molar-refractivity contribution in [3.63, 3.8) is 0 Å². The maximum Gasteiger partial charge on any atom is 0.261 e. The van der Waals surface area contributed by atoms with Gasteiger partial charge in [-0.2, -0.15) is 0 Å². The van der Waals surface area contributed by atoms with Crippen molar-refractivity contribution < 1.29 is 37.0 Å². The number of halogens is 1. The van der Waals surface area contributed by atoms with Crippen molar-refractivity contribution in [1.29, 1.82) is 0 Å². The topological polar surface area (TPSA) is 128 Å². The van der Waals surface area contributed by atoms with Crippen molar-refractivity contribution >= 4 is 49.2 Å². The normalized spacial score (nSPS) is 12.6. The minimum Gasteiger partial charge on any atom is -0.493 e. The van der Waals surface area contributed by atoms with Gasteiger partial charge >= 0.3 is 0 Å². The molecule has 5 rings (SSSR count). The number of hydrogen-bond acceptors (Lipinski definition) is 8. The summed E-state index contributed by atoms with van der Waals surface area (Å²) < 4.78 is 42.3. The number of hydrogen-bond donors (Lipinski definition) is 1. The zero-order chi connectivity index (χ0) is 32.1. The van der Waals surface area contributed by atoms with Crippen molar-refractivity contribution in [2.24, 2.45) is 0 Å². The Labute approximate surface area is 269 Å². The highest BCUT2D eigenvalue weighted by Gasteiger charge is 2.35. The third-order valence-electron chi connectivity index (χ3n) is 7.16. The van der Waals surface area contributed by atoms with Gasteiger partial charge < -0.3 is 19.5 Å². The first-order chi connectivity index (χ1) is 21.6. The summed E-state index contributed by atoms with van der Waals surface area (Å²) in [5, 5.41) is 2.68. The van der Waals surface area contributed by atoms with Crippen molar-refractivity contribution in [1.82, 2.24) is 4.90 Å². The van der Waals surface area contributed by atoms with E-state index in [0.717, 1.165) is 10.0 Å². The Morgan fingerprint density at radius 2 is 1.47 bits per heavy atom. The van der Waals surface area contributed by atoms with E-state index in [2.05, 4.69) is 21.2 Å². The summed E-state index contributed by atoms with van der Waals surface area (Å²) in [7, 11) is -0.505. The number of nitrogens with one attached hydrogen (secondary N) is 1. The number of nitrogens with zero attached hydrogens (tertiary/aromatic N) is 1. The lowest BCUT2D eigenvalue weighted by atomic mass is 10.1. The number of methoxy groups -OCH3 is 2. The Hall–Kier alpha value is -4.68. The third-order valence-corrected chi connectivity index (χ3v) is 9.42. The lowest BCUT2D eigenvalue weighted by Crippen LogP contribution is -2.31. The van der Waals surface area contributed by atoms with Crippen LogP contribution in [0.15, 0.2) is 94.3 Å². The quantitative estimate of drug-likeness (QED) is 0.182. The van der Waals surface area contributed by atoms with E-state index in [1.165, 1.54) is 23.1 Å². The molecule has 0 aliphatic carbocycles. The van der Waals surface area contributed by atoms with Crippen molar-refractivity contribution in [2.75, 3.05) is 31.8 Å². The molecule has 0 spiro atoms. The fourth-order valence-electron chi connectivity index (χ4n) is 4.77. The van der Waals surface area contributed by atoms with Crippen LogP contribution in [0.5, 0.6) is 23.0 Å². The summed E-state index contributed by atoms with van der Waals surface area (Å²) in [5.41, 5.74) is 1.92. The molecule has 12 heteroatoms. The maximum atomic E-state index is 13.1. The molecule has 0 radical (unpaired) electrons. The van der Waals surface area contributed by atoms with E-state index in [-0.39, 0.29) is 35.1 Å². The van der Waals surface area contributed by atoms with Gasteiger partial charge in [0.05, 0.1) is 36.0 Å². The SMILES string of the molecule is COc1ccc(CCN2C(=O)c3ccc(Oc4ccc(NC(=O)CCS(=O)(=O)c5ccc(Br)cc5)cc4)cc3C2=O)cc1OC. The molecule has 0 bridgehead atoms. The van der Waals surface area contributed by atoms with Crippen molar-refractivity contribution in [3.05, 3.63) is 106 Å². The minimum atomic E-state index is -3.60. The summed E-state index contributed by atoms with van der Waals surface area (Å²) in [6.07, 6.45) is 0.239. The molecule has 0 fully saturated rings. The Kier molecular flexibility index (Phi) is 9.54. The van der Waals surface area contributed by atoms with Gasteiger partial charge in [0, 0.05) is 23.1 Å². The van der Waals surface area contributed by atoms with Gasteiger partial charge in [-0.15, -0.1) is 0 Å². The molecule has 4 aromatic carbocycles. The molecule has 0 aromatic heterocycles. The number of rotatable bonds is 12. The van der Waals surface area contributed by atoms with Gasteiger partial charge in [0.25, 0.3) is 11.8 Å². The molecule has 1 N–H and O–H groups in total.